The van der Waals surface area contributed by atoms with Gasteiger partial charge in [-0.05, 0) is 17.7 Å². The van der Waals surface area contributed by atoms with Gasteiger partial charge in [-0.1, -0.05) is 12.1 Å². The molecular weight excluding hydrogens is 272 g/mol. The van der Waals surface area contributed by atoms with Gasteiger partial charge in [-0.2, -0.15) is 4.98 Å². The lowest BCUT2D eigenvalue weighted by atomic mass is 10.2. The number of ether oxygens (including phenoxy) is 1. The minimum atomic E-state index is -0.540. The van der Waals surface area contributed by atoms with E-state index in [1.54, 1.807) is 12.0 Å². The Morgan fingerprint density at radius 2 is 2.29 bits per heavy atom. The summed E-state index contributed by atoms with van der Waals surface area (Å²) in [7, 11) is 1.61. The molecule has 2 aromatic rings. The maximum Gasteiger partial charge on any atom is 0.277 e. The smallest absolute Gasteiger partial charge is 0.277 e. The summed E-state index contributed by atoms with van der Waals surface area (Å²) in [6, 6.07) is 7.61. The number of nitrogens with zero attached hydrogens (tertiary/aromatic N) is 2. The van der Waals surface area contributed by atoms with Crippen LogP contribution in [0.1, 0.15) is 5.56 Å². The molecule has 0 spiro atoms. The van der Waals surface area contributed by atoms with Crippen molar-refractivity contribution >= 4 is 17.5 Å². The highest BCUT2D eigenvalue weighted by Crippen LogP contribution is 2.29. The summed E-state index contributed by atoms with van der Waals surface area (Å²) in [5, 5.41) is 2.90. The maximum absolute atomic E-state index is 11.8. The van der Waals surface area contributed by atoms with Gasteiger partial charge in [0.1, 0.15) is 11.4 Å². The largest absolute Gasteiger partial charge is 0.497 e. The number of nitrogens with two attached hydrogens (primary N) is 2. The Labute approximate surface area is 120 Å². The molecule has 1 aromatic carbocycles. The molecule has 0 saturated carbocycles. The maximum atomic E-state index is 11.8. The van der Waals surface area contributed by atoms with Crippen molar-refractivity contribution in [3.8, 4) is 5.75 Å². The van der Waals surface area contributed by atoms with E-state index >= 15 is 0 Å². The third kappa shape index (κ3) is 2.36. The normalized spacial score (nSPS) is 16.5. The number of anilines is 3. The van der Waals surface area contributed by atoms with Crippen LogP contribution in [0.25, 0.3) is 0 Å². The van der Waals surface area contributed by atoms with Crippen LogP contribution < -0.4 is 32.0 Å². The number of aromatic amines is 1. The molecule has 0 saturated heterocycles. The highest BCUT2D eigenvalue weighted by atomic mass is 16.5. The molecule has 1 atom stereocenters. The van der Waals surface area contributed by atoms with Crippen molar-refractivity contribution in [2.75, 3.05) is 23.1 Å². The van der Waals surface area contributed by atoms with Gasteiger partial charge in [0.2, 0.25) is 5.95 Å². The minimum absolute atomic E-state index is 0.0605. The van der Waals surface area contributed by atoms with E-state index in [1.165, 1.54) is 0 Å². The first-order chi connectivity index (χ1) is 10.1. The number of fused-ring (bicyclic) bond motifs is 1. The van der Waals surface area contributed by atoms with Crippen LogP contribution in [-0.2, 0) is 6.54 Å². The number of nitrogen functional groups attached to an aromatic ring is 1. The van der Waals surface area contributed by atoms with Gasteiger partial charge in [0.25, 0.3) is 5.56 Å². The van der Waals surface area contributed by atoms with Gasteiger partial charge < -0.3 is 20.7 Å². The fourth-order valence-electron chi connectivity index (χ4n) is 2.31. The topological polar surface area (TPSA) is 122 Å². The average Bonchev–Trinajstić information content (AvgIpc) is 2.77. The van der Waals surface area contributed by atoms with Crippen molar-refractivity contribution in [2.24, 2.45) is 5.73 Å². The second-order valence-corrected chi connectivity index (χ2v) is 4.72. The Kier molecular flexibility index (Phi) is 3.15. The van der Waals surface area contributed by atoms with Crippen molar-refractivity contribution in [2.45, 2.75) is 12.8 Å². The van der Waals surface area contributed by atoms with Crippen molar-refractivity contribution in [3.05, 3.63) is 40.2 Å². The minimum Gasteiger partial charge on any atom is -0.497 e. The molecule has 0 radical (unpaired) electrons. The predicted molar refractivity (Wildman–Crippen MR) is 80.0 cm³/mol. The number of rotatable bonds is 3. The Hall–Kier alpha value is -2.74. The van der Waals surface area contributed by atoms with E-state index in [2.05, 4.69) is 15.3 Å². The summed E-state index contributed by atoms with van der Waals surface area (Å²) in [5.74, 6) is 1.27. The van der Waals surface area contributed by atoms with Crippen LogP contribution in [0.5, 0.6) is 5.75 Å². The van der Waals surface area contributed by atoms with E-state index in [-0.39, 0.29) is 11.5 Å². The van der Waals surface area contributed by atoms with Crippen LogP contribution in [0.2, 0.25) is 0 Å². The van der Waals surface area contributed by atoms with Crippen molar-refractivity contribution in [1.29, 1.82) is 0 Å². The van der Waals surface area contributed by atoms with Gasteiger partial charge in [0.15, 0.2) is 12.1 Å². The third-order valence-electron chi connectivity index (χ3n) is 3.31. The second-order valence-electron chi connectivity index (χ2n) is 4.72. The molecule has 8 heteroatoms. The fourth-order valence-corrected chi connectivity index (χ4v) is 2.31. The molecule has 1 aromatic heterocycles. The Morgan fingerprint density at radius 3 is 3.05 bits per heavy atom. The lowest BCUT2D eigenvalue weighted by Gasteiger charge is -2.22. The summed E-state index contributed by atoms with van der Waals surface area (Å²) >= 11 is 0. The highest BCUT2D eigenvalue weighted by Gasteiger charge is 2.30. The molecule has 0 bridgehead atoms. The molecule has 1 unspecified atom stereocenters. The van der Waals surface area contributed by atoms with Gasteiger partial charge in [-0.25, -0.2) is 0 Å². The monoisotopic (exact) mass is 288 g/mol. The summed E-state index contributed by atoms with van der Waals surface area (Å²) in [5.41, 5.74) is 12.6. The van der Waals surface area contributed by atoms with Gasteiger partial charge in [-0.3, -0.25) is 15.5 Å². The number of nitrogens with one attached hydrogen (secondary N) is 2. The Morgan fingerprint density at radius 1 is 1.48 bits per heavy atom. The average molecular weight is 288 g/mol. The standard InChI is InChI=1S/C13H16N6O2/c1-21-8-4-2-3-7(5-8)6-19-10-9(16-13(19)15)11(20)18-12(14)17-10/h2-5,13,16H,6,15H2,1H3,(H3,14,17,18,20). The number of hydrogen-bond acceptors (Lipinski definition) is 7. The number of H-pyrrole nitrogens is 1. The van der Waals surface area contributed by atoms with Crippen LogP contribution >= 0.6 is 0 Å². The lowest BCUT2D eigenvalue weighted by Crippen LogP contribution is -2.42. The Bertz CT molecular complexity index is 729. The first-order valence-corrected chi connectivity index (χ1v) is 6.40. The molecule has 1 aliphatic rings. The molecule has 21 heavy (non-hydrogen) atoms. The van der Waals surface area contributed by atoms with Crippen LogP contribution in [0, 0.1) is 0 Å². The van der Waals surface area contributed by atoms with Gasteiger partial charge in [0.05, 0.1) is 7.11 Å². The van der Waals surface area contributed by atoms with Crippen LogP contribution in [-0.4, -0.2) is 23.4 Å². The van der Waals surface area contributed by atoms with E-state index in [4.69, 9.17) is 16.2 Å². The van der Waals surface area contributed by atoms with Crippen molar-refractivity contribution in [3.63, 3.8) is 0 Å². The molecule has 6 N–H and O–H groups in total. The van der Waals surface area contributed by atoms with Crippen LogP contribution in [0.15, 0.2) is 29.1 Å². The zero-order valence-corrected chi connectivity index (χ0v) is 11.5. The highest BCUT2D eigenvalue weighted by molar-refractivity contribution is 5.71. The quantitative estimate of drug-likeness (QED) is 0.628. The first kappa shape index (κ1) is 13.3. The lowest BCUT2D eigenvalue weighted by molar-refractivity contribution is 0.414. The molecule has 0 aliphatic carbocycles. The molecule has 8 nitrogen and oxygen atoms in total. The van der Waals surface area contributed by atoms with E-state index < -0.39 is 6.29 Å². The molecule has 3 rings (SSSR count). The zero-order chi connectivity index (χ0) is 15.0. The summed E-state index contributed by atoms with van der Waals surface area (Å²) in [6.07, 6.45) is -0.540. The number of methoxy groups -OCH3 is 1. The predicted octanol–water partition coefficient (Wildman–Crippen LogP) is 0.0351. The summed E-state index contributed by atoms with van der Waals surface area (Å²) in [4.78, 5) is 20.2. The number of benzene rings is 1. The van der Waals surface area contributed by atoms with E-state index in [1.807, 2.05) is 24.3 Å². The molecule has 1 aliphatic heterocycles. The fraction of sp³-hybridized carbons (Fsp3) is 0.231. The molecule has 0 fully saturated rings. The van der Waals surface area contributed by atoms with Crippen molar-refractivity contribution < 1.29 is 4.74 Å². The zero-order valence-electron chi connectivity index (χ0n) is 11.5. The van der Waals surface area contributed by atoms with Gasteiger partial charge in [-0.15, -0.1) is 0 Å². The Balaban J connectivity index is 1.95. The van der Waals surface area contributed by atoms with Crippen LogP contribution in [0.3, 0.4) is 0 Å². The van der Waals surface area contributed by atoms with Gasteiger partial charge >= 0.3 is 0 Å². The molecule has 110 valence electrons. The third-order valence-corrected chi connectivity index (χ3v) is 3.31. The van der Waals surface area contributed by atoms with Gasteiger partial charge in [0, 0.05) is 6.54 Å². The molecule has 2 heterocycles. The van der Waals surface area contributed by atoms with E-state index in [0.29, 0.717) is 18.1 Å². The number of hydrogen-bond donors (Lipinski definition) is 4. The SMILES string of the molecule is COc1cccc(CN2c3nc(N)[nH]c(=O)c3NC2N)c1. The summed E-state index contributed by atoms with van der Waals surface area (Å²) < 4.78 is 5.20. The van der Waals surface area contributed by atoms with E-state index in [9.17, 15) is 4.79 Å². The van der Waals surface area contributed by atoms with Crippen LogP contribution in [0.4, 0.5) is 17.5 Å². The van der Waals surface area contributed by atoms with E-state index in [0.717, 1.165) is 11.3 Å². The molecule has 0 amide bonds. The summed E-state index contributed by atoms with van der Waals surface area (Å²) in [6.45, 7) is 0.480. The first-order valence-electron chi connectivity index (χ1n) is 6.40. The number of aromatic nitrogens is 2. The second kappa shape index (κ2) is 4.98. The van der Waals surface area contributed by atoms with Crippen molar-refractivity contribution in [1.82, 2.24) is 9.97 Å². The molecular formula is C13H16N6O2.